The zero-order valence-electron chi connectivity index (χ0n) is 17.3. The number of rotatable bonds is 7. The Morgan fingerprint density at radius 1 is 1.06 bits per heavy atom. The second kappa shape index (κ2) is 9.77. The Balaban J connectivity index is 1.70. The lowest BCUT2D eigenvalue weighted by Gasteiger charge is -2.10. The number of alkyl halides is 3. The zero-order valence-corrected chi connectivity index (χ0v) is 18.9. The monoisotopic (exact) mass is 516 g/mol. The Labute approximate surface area is 196 Å². The van der Waals surface area contributed by atoms with E-state index in [1.165, 1.54) is 41.3 Å². The molecule has 3 rings (SSSR count). The highest BCUT2D eigenvalue weighted by Crippen LogP contribution is 2.19. The molecule has 10 nitrogen and oxygen atoms in total. The third-order valence-corrected chi connectivity index (χ3v) is 5.57. The van der Waals surface area contributed by atoms with Crippen LogP contribution in [0.1, 0.15) is 26.5 Å². The molecule has 0 aliphatic carbocycles. The van der Waals surface area contributed by atoms with Gasteiger partial charge in [-0.2, -0.15) is 23.0 Å². The van der Waals surface area contributed by atoms with Crippen LogP contribution in [0.4, 0.5) is 13.2 Å². The van der Waals surface area contributed by atoms with Crippen LogP contribution in [-0.4, -0.2) is 59.0 Å². The lowest BCUT2D eigenvalue weighted by Crippen LogP contribution is -2.33. The molecule has 0 bridgehead atoms. The van der Waals surface area contributed by atoms with E-state index in [2.05, 4.69) is 20.4 Å². The van der Waals surface area contributed by atoms with Gasteiger partial charge in [-0.15, -0.1) is 0 Å². The van der Waals surface area contributed by atoms with Gasteiger partial charge in [0.1, 0.15) is 12.9 Å². The molecule has 1 aromatic carbocycles. The van der Waals surface area contributed by atoms with E-state index in [0.717, 1.165) is 12.5 Å². The molecule has 0 radical (unpaired) electrons. The molecule has 0 aliphatic rings. The average Bonchev–Trinajstić information content (AvgIpc) is 3.23. The zero-order chi connectivity index (χ0) is 25.1. The van der Waals surface area contributed by atoms with Gasteiger partial charge in [-0.05, 0) is 30.3 Å². The molecule has 0 aliphatic heterocycles. The predicted molar refractivity (Wildman–Crippen MR) is 113 cm³/mol. The van der Waals surface area contributed by atoms with E-state index in [0.29, 0.717) is 0 Å². The minimum atomic E-state index is -4.54. The second-order valence-corrected chi connectivity index (χ2v) is 9.37. The summed E-state index contributed by atoms with van der Waals surface area (Å²) in [5, 5.41) is 8.35. The Morgan fingerprint density at radius 2 is 1.76 bits per heavy atom. The van der Waals surface area contributed by atoms with Crippen molar-refractivity contribution >= 4 is 33.3 Å². The fourth-order valence-electron chi connectivity index (χ4n) is 2.67. The molecule has 0 unspecified atom stereocenters. The maximum atomic E-state index is 12.5. The summed E-state index contributed by atoms with van der Waals surface area (Å²) in [6.07, 6.45) is -1.29. The number of benzene rings is 1. The lowest BCUT2D eigenvalue weighted by atomic mass is 10.2. The Kier molecular flexibility index (Phi) is 7.21. The van der Waals surface area contributed by atoms with Crippen LogP contribution in [-0.2, 0) is 16.4 Å². The maximum absolute atomic E-state index is 12.5. The quantitative estimate of drug-likeness (QED) is 0.490. The van der Waals surface area contributed by atoms with E-state index in [1.807, 2.05) is 0 Å². The number of carbonyl (C=O) groups excluding carboxylic acids is 2. The first-order valence-corrected chi connectivity index (χ1v) is 11.6. The van der Waals surface area contributed by atoms with Crippen LogP contribution in [0.5, 0.6) is 0 Å². The minimum absolute atomic E-state index is 0.0198. The Morgan fingerprint density at radius 3 is 2.38 bits per heavy atom. The van der Waals surface area contributed by atoms with Crippen molar-refractivity contribution in [3.05, 3.63) is 64.8 Å². The molecule has 0 atom stereocenters. The van der Waals surface area contributed by atoms with Gasteiger partial charge in [-0.25, -0.2) is 18.4 Å². The maximum Gasteiger partial charge on any atom is 0.405 e. The summed E-state index contributed by atoms with van der Waals surface area (Å²) in [5.41, 5.74) is -0.0723. The second-order valence-electron chi connectivity index (χ2n) is 6.92. The van der Waals surface area contributed by atoms with Crippen molar-refractivity contribution in [3.63, 3.8) is 0 Å². The highest BCUT2D eigenvalue weighted by atomic mass is 35.5. The van der Waals surface area contributed by atoms with Gasteiger partial charge in [0.25, 0.3) is 11.8 Å². The van der Waals surface area contributed by atoms with E-state index in [1.54, 1.807) is 5.32 Å². The normalized spacial score (nSPS) is 11.8. The number of pyridine rings is 1. The summed E-state index contributed by atoms with van der Waals surface area (Å²) in [6, 6.07) is 6.32. The van der Waals surface area contributed by atoms with Gasteiger partial charge in [0.2, 0.25) is 0 Å². The van der Waals surface area contributed by atoms with Gasteiger partial charge < -0.3 is 10.6 Å². The lowest BCUT2D eigenvalue weighted by molar-refractivity contribution is -0.123. The van der Waals surface area contributed by atoms with Crippen molar-refractivity contribution in [1.82, 2.24) is 30.4 Å². The molecule has 15 heteroatoms. The van der Waals surface area contributed by atoms with Crippen molar-refractivity contribution in [3.8, 4) is 5.82 Å². The highest BCUT2D eigenvalue weighted by molar-refractivity contribution is 7.90. The number of nitrogens with one attached hydrogen (secondary N) is 2. The molecule has 3 aromatic rings. The molecular formula is C19H16ClF3N6O4S. The van der Waals surface area contributed by atoms with Crippen LogP contribution in [0, 0.1) is 0 Å². The van der Waals surface area contributed by atoms with Crippen molar-refractivity contribution in [1.29, 1.82) is 0 Å². The van der Waals surface area contributed by atoms with Gasteiger partial charge in [-0.1, -0.05) is 11.6 Å². The Hall–Kier alpha value is -3.52. The summed E-state index contributed by atoms with van der Waals surface area (Å²) >= 11 is 5.92. The van der Waals surface area contributed by atoms with E-state index < -0.39 is 34.4 Å². The Bertz CT molecular complexity index is 1330. The molecular weight excluding hydrogens is 501 g/mol. The molecule has 0 saturated carbocycles. The first-order valence-electron chi connectivity index (χ1n) is 9.32. The third-order valence-electron chi connectivity index (χ3n) is 4.26. The molecule has 0 spiro atoms. The molecule has 180 valence electrons. The first-order chi connectivity index (χ1) is 15.8. The standard InChI is InChI=1S/C19H16ClF3N6O4S/c1-34(32,33)14-5-12(4-13(20)6-14)18(31)25-8-16-27-10-28-29(16)15-3-2-11(7-24-15)17(30)26-9-19(21,22)23/h2-7,10H,8-9H2,1H3,(H,25,31)(H,26,30). The van der Waals surface area contributed by atoms with Crippen molar-refractivity contribution in [2.45, 2.75) is 17.6 Å². The van der Waals surface area contributed by atoms with Gasteiger partial charge in [0.05, 0.1) is 17.0 Å². The molecule has 2 heterocycles. The summed E-state index contributed by atoms with van der Waals surface area (Å²) < 4.78 is 61.5. The number of hydrogen-bond acceptors (Lipinski definition) is 7. The molecule has 0 saturated heterocycles. The van der Waals surface area contributed by atoms with E-state index >= 15 is 0 Å². The van der Waals surface area contributed by atoms with Crippen molar-refractivity contribution < 1.29 is 31.2 Å². The van der Waals surface area contributed by atoms with Gasteiger partial charge in [0, 0.05) is 23.0 Å². The molecule has 2 N–H and O–H groups in total. The summed E-state index contributed by atoms with van der Waals surface area (Å²) in [7, 11) is -3.59. The topological polar surface area (TPSA) is 136 Å². The fraction of sp³-hybridized carbons (Fsp3) is 0.211. The molecule has 2 amide bonds. The van der Waals surface area contributed by atoms with Gasteiger partial charge in [-0.3, -0.25) is 9.59 Å². The third kappa shape index (κ3) is 6.51. The predicted octanol–water partition coefficient (Wildman–Crippen LogP) is 1.94. The van der Waals surface area contributed by atoms with Gasteiger partial charge in [0.15, 0.2) is 21.5 Å². The van der Waals surface area contributed by atoms with Crippen LogP contribution in [0.2, 0.25) is 5.02 Å². The number of halogens is 4. The first kappa shape index (κ1) is 25.1. The van der Waals surface area contributed by atoms with Crippen molar-refractivity contribution in [2.75, 3.05) is 12.8 Å². The molecule has 2 aromatic heterocycles. The smallest absolute Gasteiger partial charge is 0.345 e. The molecule has 0 fully saturated rings. The van der Waals surface area contributed by atoms with Crippen LogP contribution >= 0.6 is 11.6 Å². The van der Waals surface area contributed by atoms with Crippen LogP contribution < -0.4 is 10.6 Å². The van der Waals surface area contributed by atoms with Crippen LogP contribution in [0.25, 0.3) is 5.82 Å². The number of hydrogen-bond donors (Lipinski definition) is 2. The van der Waals surface area contributed by atoms with Crippen LogP contribution in [0.3, 0.4) is 0 Å². The van der Waals surface area contributed by atoms with E-state index in [-0.39, 0.29) is 39.2 Å². The summed E-state index contributed by atoms with van der Waals surface area (Å²) in [6.45, 7) is -1.60. The van der Waals surface area contributed by atoms with Gasteiger partial charge >= 0.3 is 6.18 Å². The average molecular weight is 517 g/mol. The van der Waals surface area contributed by atoms with Crippen LogP contribution in [0.15, 0.2) is 47.8 Å². The SMILES string of the molecule is CS(=O)(=O)c1cc(Cl)cc(C(=O)NCc2ncnn2-c2ccc(C(=O)NCC(F)(F)F)cn2)c1. The summed E-state index contributed by atoms with van der Waals surface area (Å²) in [5.74, 6) is -1.14. The van der Waals surface area contributed by atoms with E-state index in [9.17, 15) is 31.2 Å². The largest absolute Gasteiger partial charge is 0.405 e. The number of nitrogens with zero attached hydrogens (tertiary/aromatic N) is 4. The van der Waals surface area contributed by atoms with Crippen molar-refractivity contribution in [2.24, 2.45) is 0 Å². The molecule has 34 heavy (non-hydrogen) atoms. The summed E-state index contributed by atoms with van der Waals surface area (Å²) in [4.78, 5) is 32.2. The number of sulfone groups is 1. The number of carbonyl (C=O) groups is 2. The number of aromatic nitrogens is 4. The number of amides is 2. The fourth-order valence-corrected chi connectivity index (χ4v) is 3.66. The minimum Gasteiger partial charge on any atom is -0.345 e. The van der Waals surface area contributed by atoms with E-state index in [4.69, 9.17) is 11.6 Å². The highest BCUT2D eigenvalue weighted by Gasteiger charge is 2.28.